The summed E-state index contributed by atoms with van der Waals surface area (Å²) < 4.78 is 5.67. The molecule has 144 valence electrons. The van der Waals surface area contributed by atoms with Gasteiger partial charge in [0.05, 0.1) is 14.1 Å². The first-order valence-corrected chi connectivity index (χ1v) is 10.4. The highest BCUT2D eigenvalue weighted by molar-refractivity contribution is 7.18. The zero-order valence-corrected chi connectivity index (χ0v) is 17.0. The van der Waals surface area contributed by atoms with Gasteiger partial charge in [0, 0.05) is 6.42 Å². The van der Waals surface area contributed by atoms with E-state index in [1.54, 1.807) is 29.6 Å². The maximum atomic E-state index is 12.6. The number of hydrogen-bond acceptors (Lipinski definition) is 6. The number of rotatable bonds is 8. The number of hydrogen-bond donors (Lipinski definition) is 1. The summed E-state index contributed by atoms with van der Waals surface area (Å²) in [4.78, 5) is 38.0. The maximum absolute atomic E-state index is 12.6. The number of esters is 1. The second-order valence-corrected chi connectivity index (χ2v) is 8.49. The molecule has 1 N–H and O–H groups in total. The lowest BCUT2D eigenvalue weighted by atomic mass is 10.1. The third-order valence-corrected chi connectivity index (χ3v) is 5.95. The lowest BCUT2D eigenvalue weighted by Crippen LogP contribution is -2.43. The summed E-state index contributed by atoms with van der Waals surface area (Å²) in [6.45, 7) is -0.407. The Hall–Kier alpha value is -2.48. The fourth-order valence-electron chi connectivity index (χ4n) is 2.45. The Morgan fingerprint density at radius 1 is 1.00 bits per heavy atom. The highest BCUT2D eigenvalue weighted by atomic mass is 35.5. The van der Waals surface area contributed by atoms with Crippen molar-refractivity contribution in [2.45, 2.75) is 12.5 Å². The first-order chi connectivity index (χ1) is 13.5. The number of carbonyl (C=O) groups is 3. The number of carbonyl (C=O) groups excluding carboxylic acids is 3. The molecule has 2 aromatic heterocycles. The van der Waals surface area contributed by atoms with Crippen molar-refractivity contribution in [2.24, 2.45) is 0 Å². The van der Waals surface area contributed by atoms with Gasteiger partial charge in [0.2, 0.25) is 5.78 Å². The number of benzene rings is 1. The zero-order valence-electron chi connectivity index (χ0n) is 14.6. The van der Waals surface area contributed by atoms with E-state index in [1.165, 1.54) is 11.3 Å². The first-order valence-electron chi connectivity index (χ1n) is 8.36. The molecule has 28 heavy (non-hydrogen) atoms. The topological polar surface area (TPSA) is 72.5 Å². The SMILES string of the molecule is O=C(COC(=O)[C@@H](Cc1ccccc1)NC(=O)c1cccs1)c1ccc(Cl)s1. The number of ketones is 1. The van der Waals surface area contributed by atoms with Crippen LogP contribution in [0.5, 0.6) is 0 Å². The molecule has 0 bridgehead atoms. The molecule has 0 aliphatic rings. The average Bonchev–Trinajstić information content (AvgIpc) is 3.38. The highest BCUT2D eigenvalue weighted by Crippen LogP contribution is 2.21. The van der Waals surface area contributed by atoms with Gasteiger partial charge in [-0.2, -0.15) is 0 Å². The van der Waals surface area contributed by atoms with Gasteiger partial charge in [-0.05, 0) is 29.1 Å². The van der Waals surface area contributed by atoms with E-state index in [0.29, 0.717) is 14.1 Å². The minimum Gasteiger partial charge on any atom is -0.456 e. The van der Waals surface area contributed by atoms with E-state index < -0.39 is 18.6 Å². The molecule has 2 heterocycles. The summed E-state index contributed by atoms with van der Waals surface area (Å²) >= 11 is 8.23. The molecule has 5 nitrogen and oxygen atoms in total. The Bertz CT molecular complexity index is 954. The molecule has 0 saturated carbocycles. The minimum atomic E-state index is -0.906. The van der Waals surface area contributed by atoms with Crippen molar-refractivity contribution in [1.82, 2.24) is 5.32 Å². The quantitative estimate of drug-likeness (QED) is 0.426. The molecule has 1 atom stereocenters. The first kappa shape index (κ1) is 20.3. The van der Waals surface area contributed by atoms with Gasteiger partial charge in [-0.25, -0.2) is 4.79 Å². The predicted molar refractivity (Wildman–Crippen MR) is 110 cm³/mol. The van der Waals surface area contributed by atoms with Crippen LogP contribution in [0.3, 0.4) is 0 Å². The number of amides is 1. The molecular formula is C20H16ClNO4S2. The Kier molecular flexibility index (Phi) is 6.97. The number of thiophene rings is 2. The molecule has 0 aliphatic heterocycles. The summed E-state index contributed by atoms with van der Waals surface area (Å²) in [5.41, 5.74) is 0.868. The van der Waals surface area contributed by atoms with Gasteiger partial charge in [-0.3, -0.25) is 9.59 Å². The lowest BCUT2D eigenvalue weighted by molar-refractivity contribution is -0.144. The van der Waals surface area contributed by atoms with Crippen LogP contribution in [0, 0.1) is 0 Å². The zero-order chi connectivity index (χ0) is 19.9. The lowest BCUT2D eigenvalue weighted by Gasteiger charge is -2.17. The van der Waals surface area contributed by atoms with Crippen molar-refractivity contribution in [1.29, 1.82) is 0 Å². The Labute approximate surface area is 174 Å². The van der Waals surface area contributed by atoms with Crippen LogP contribution < -0.4 is 5.32 Å². The van der Waals surface area contributed by atoms with E-state index in [-0.39, 0.29) is 18.1 Å². The van der Waals surface area contributed by atoms with Crippen molar-refractivity contribution < 1.29 is 19.1 Å². The standard InChI is InChI=1S/C20H16ClNO4S2/c21-18-9-8-16(28-18)15(23)12-26-20(25)14(11-13-5-2-1-3-6-13)22-19(24)17-7-4-10-27-17/h1-10,14H,11-12H2,(H,22,24)/t14-/m1/s1. The second kappa shape index (κ2) is 9.64. The molecule has 0 spiro atoms. The van der Waals surface area contributed by atoms with Crippen LogP contribution in [0.1, 0.15) is 24.9 Å². The molecule has 0 radical (unpaired) electrons. The molecule has 1 amide bonds. The smallest absolute Gasteiger partial charge is 0.329 e. The van der Waals surface area contributed by atoms with Crippen molar-refractivity contribution in [3.63, 3.8) is 0 Å². The van der Waals surface area contributed by atoms with E-state index in [0.717, 1.165) is 16.9 Å². The molecule has 0 unspecified atom stereocenters. The molecule has 3 aromatic rings. The van der Waals surface area contributed by atoms with Gasteiger partial charge in [-0.15, -0.1) is 22.7 Å². The summed E-state index contributed by atoms with van der Waals surface area (Å²) in [7, 11) is 0. The fraction of sp³-hybridized carbons (Fsp3) is 0.150. The Morgan fingerprint density at radius 3 is 2.43 bits per heavy atom. The predicted octanol–water partition coefficient (Wildman–Crippen LogP) is 4.23. The number of ether oxygens (including phenoxy) is 1. The van der Waals surface area contributed by atoms with Crippen molar-refractivity contribution in [3.05, 3.63) is 79.6 Å². The van der Waals surface area contributed by atoms with Gasteiger partial charge < -0.3 is 10.1 Å². The maximum Gasteiger partial charge on any atom is 0.329 e. The molecule has 3 rings (SSSR count). The average molecular weight is 434 g/mol. The summed E-state index contributed by atoms with van der Waals surface area (Å²) in [6, 6.07) is 15.0. The van der Waals surface area contributed by atoms with Crippen LogP contribution in [0.4, 0.5) is 0 Å². The molecule has 8 heteroatoms. The molecule has 0 saturated heterocycles. The largest absolute Gasteiger partial charge is 0.456 e. The van der Waals surface area contributed by atoms with E-state index in [9.17, 15) is 14.4 Å². The number of Topliss-reactive ketones (excluding diaryl/α,β-unsaturated/α-hetero) is 1. The van der Waals surface area contributed by atoms with Crippen LogP contribution in [0.15, 0.2) is 60.0 Å². The van der Waals surface area contributed by atoms with Gasteiger partial charge in [0.1, 0.15) is 6.04 Å². The fourth-order valence-corrected chi connectivity index (χ4v) is 4.05. The minimum absolute atomic E-state index is 0.260. The van der Waals surface area contributed by atoms with Gasteiger partial charge in [0.15, 0.2) is 6.61 Å². The normalized spacial score (nSPS) is 11.6. The van der Waals surface area contributed by atoms with E-state index in [1.807, 2.05) is 30.3 Å². The summed E-state index contributed by atoms with van der Waals surface area (Å²) in [6.07, 6.45) is 0.260. The van der Waals surface area contributed by atoms with E-state index in [2.05, 4.69) is 5.32 Å². The second-order valence-electron chi connectivity index (χ2n) is 5.83. The van der Waals surface area contributed by atoms with Crippen LogP contribution in [-0.2, 0) is 16.0 Å². The van der Waals surface area contributed by atoms with Crippen molar-refractivity contribution >= 4 is 51.9 Å². The Morgan fingerprint density at radius 2 is 1.79 bits per heavy atom. The number of halogens is 1. The molecule has 1 aromatic carbocycles. The van der Waals surface area contributed by atoms with Gasteiger partial charge in [-0.1, -0.05) is 48.0 Å². The van der Waals surface area contributed by atoms with Crippen LogP contribution in [-0.4, -0.2) is 30.3 Å². The van der Waals surface area contributed by atoms with Gasteiger partial charge >= 0.3 is 5.97 Å². The van der Waals surface area contributed by atoms with Crippen molar-refractivity contribution in [3.8, 4) is 0 Å². The van der Waals surface area contributed by atoms with Crippen LogP contribution >= 0.6 is 34.3 Å². The monoisotopic (exact) mass is 433 g/mol. The summed E-state index contributed by atoms with van der Waals surface area (Å²) in [5, 5.41) is 4.48. The third kappa shape index (κ3) is 5.51. The number of nitrogens with one attached hydrogen (secondary N) is 1. The molecule has 0 aliphatic carbocycles. The van der Waals surface area contributed by atoms with E-state index in [4.69, 9.17) is 16.3 Å². The Balaban J connectivity index is 1.66. The highest BCUT2D eigenvalue weighted by Gasteiger charge is 2.25. The summed E-state index contributed by atoms with van der Waals surface area (Å²) in [5.74, 6) is -1.36. The molecule has 0 fully saturated rings. The van der Waals surface area contributed by atoms with Crippen LogP contribution in [0.25, 0.3) is 0 Å². The van der Waals surface area contributed by atoms with Gasteiger partial charge in [0.25, 0.3) is 5.91 Å². The van der Waals surface area contributed by atoms with E-state index >= 15 is 0 Å². The molecular weight excluding hydrogens is 418 g/mol. The van der Waals surface area contributed by atoms with Crippen LogP contribution in [0.2, 0.25) is 4.34 Å². The van der Waals surface area contributed by atoms with Crippen molar-refractivity contribution in [2.75, 3.05) is 6.61 Å². The third-order valence-electron chi connectivity index (χ3n) is 3.81.